The van der Waals surface area contributed by atoms with Gasteiger partial charge in [0.25, 0.3) is 0 Å². The first kappa shape index (κ1) is 24.5. The maximum Gasteiger partial charge on any atom is 0.167 e. The van der Waals surface area contributed by atoms with Gasteiger partial charge in [0.2, 0.25) is 0 Å². The molecule has 0 aromatic rings. The molecule has 1 rings (SSSR count). The van der Waals surface area contributed by atoms with Crippen LogP contribution in [-0.2, 0) is 9.59 Å². The summed E-state index contributed by atoms with van der Waals surface area (Å²) in [6, 6.07) is 0.0902. The maximum atomic E-state index is 13.3. The van der Waals surface area contributed by atoms with Crippen molar-refractivity contribution >= 4 is 35.1 Å². The third kappa shape index (κ3) is 6.48. The van der Waals surface area contributed by atoms with Crippen molar-refractivity contribution in [3.05, 3.63) is 25.3 Å². The number of nitrogens with one attached hydrogen (secondary N) is 2. The topological polar surface area (TPSA) is 58.2 Å². The second kappa shape index (κ2) is 11.4. The first-order valence-electron chi connectivity index (χ1n) is 9.78. The lowest BCUT2D eigenvalue weighted by Crippen LogP contribution is -2.63. The van der Waals surface area contributed by atoms with Gasteiger partial charge in [-0.2, -0.15) is 23.5 Å². The molecule has 1 aliphatic rings. The van der Waals surface area contributed by atoms with Crippen LogP contribution in [0.15, 0.2) is 25.3 Å². The molecule has 0 radical (unpaired) electrons. The second-order valence-corrected chi connectivity index (χ2v) is 9.96. The molecule has 6 heteroatoms. The molecule has 154 valence electrons. The Balaban J connectivity index is 3.13. The Labute approximate surface area is 173 Å². The van der Waals surface area contributed by atoms with E-state index in [0.717, 1.165) is 30.8 Å². The third-order valence-electron chi connectivity index (χ3n) is 5.43. The molecule has 4 nitrogen and oxygen atoms in total. The van der Waals surface area contributed by atoms with Crippen LogP contribution in [0.3, 0.4) is 0 Å². The van der Waals surface area contributed by atoms with E-state index in [4.69, 9.17) is 0 Å². The van der Waals surface area contributed by atoms with Crippen molar-refractivity contribution in [3.63, 3.8) is 0 Å². The van der Waals surface area contributed by atoms with Gasteiger partial charge in [0.15, 0.2) is 11.6 Å². The Bertz CT molecular complexity index is 540. The van der Waals surface area contributed by atoms with E-state index < -0.39 is 11.1 Å². The fraction of sp³-hybridized carbons (Fsp3) is 0.714. The van der Waals surface area contributed by atoms with Crippen LogP contribution >= 0.6 is 23.5 Å². The molecule has 0 saturated carbocycles. The van der Waals surface area contributed by atoms with E-state index in [9.17, 15) is 9.59 Å². The van der Waals surface area contributed by atoms with Crippen molar-refractivity contribution in [3.8, 4) is 0 Å². The minimum Gasteiger partial charge on any atom is -0.298 e. The average molecular weight is 413 g/mol. The van der Waals surface area contributed by atoms with Crippen molar-refractivity contribution in [2.45, 2.75) is 69.3 Å². The molecule has 0 aromatic carbocycles. The van der Waals surface area contributed by atoms with Gasteiger partial charge >= 0.3 is 0 Å². The summed E-state index contributed by atoms with van der Waals surface area (Å²) in [5.41, 5.74) is -1.54. The fourth-order valence-electron chi connectivity index (χ4n) is 3.16. The quantitative estimate of drug-likeness (QED) is 0.623. The highest BCUT2D eigenvalue weighted by Crippen LogP contribution is 2.28. The van der Waals surface area contributed by atoms with Gasteiger partial charge in [-0.3, -0.25) is 20.2 Å². The average Bonchev–Trinajstić information content (AvgIpc) is 2.64. The normalized spacial score (nSPS) is 32.0. The molecule has 0 bridgehead atoms. The summed E-state index contributed by atoms with van der Waals surface area (Å²) < 4.78 is 0. The van der Waals surface area contributed by atoms with Gasteiger partial charge in [-0.05, 0) is 38.2 Å². The highest BCUT2D eigenvalue weighted by atomic mass is 32.2. The van der Waals surface area contributed by atoms with Gasteiger partial charge in [-0.15, -0.1) is 13.2 Å². The third-order valence-corrected chi connectivity index (χ3v) is 8.17. The molecule has 1 saturated heterocycles. The summed E-state index contributed by atoms with van der Waals surface area (Å²) in [4.78, 5) is 25.6. The Kier molecular flexibility index (Phi) is 10.4. The number of carbonyl (C=O) groups excluding carboxylic acids is 2. The molecule has 0 aliphatic carbocycles. The predicted octanol–water partition coefficient (Wildman–Crippen LogP) is 3.62. The lowest BCUT2D eigenvalue weighted by atomic mass is 9.89. The fourth-order valence-corrected chi connectivity index (χ4v) is 5.78. The zero-order chi connectivity index (χ0) is 20.5. The van der Waals surface area contributed by atoms with Gasteiger partial charge in [-0.1, -0.05) is 32.4 Å². The molecule has 4 unspecified atom stereocenters. The summed E-state index contributed by atoms with van der Waals surface area (Å²) >= 11 is 3.58. The first-order chi connectivity index (χ1) is 12.8. The maximum absolute atomic E-state index is 13.3. The summed E-state index contributed by atoms with van der Waals surface area (Å²) in [6.45, 7) is 15.7. The van der Waals surface area contributed by atoms with Crippen molar-refractivity contribution in [1.82, 2.24) is 10.6 Å². The van der Waals surface area contributed by atoms with Gasteiger partial charge in [-0.25, -0.2) is 0 Å². The molecule has 0 aromatic heterocycles. The number of Topliss-reactive ketones (excluding diaryl/α,β-unsaturated/α-hetero) is 2. The molecule has 0 spiro atoms. The van der Waals surface area contributed by atoms with E-state index in [-0.39, 0.29) is 29.4 Å². The number of hydrogen-bond acceptors (Lipinski definition) is 6. The van der Waals surface area contributed by atoms with Crippen LogP contribution in [0.4, 0.5) is 0 Å². The smallest absolute Gasteiger partial charge is 0.167 e. The Hall–Kier alpha value is -0.560. The molecule has 4 atom stereocenters. The van der Waals surface area contributed by atoms with Gasteiger partial charge in [0.1, 0.15) is 5.54 Å². The molecule has 0 amide bonds. The van der Waals surface area contributed by atoms with Crippen LogP contribution in [-0.4, -0.2) is 57.7 Å². The highest BCUT2D eigenvalue weighted by Gasteiger charge is 2.41. The second-order valence-electron chi connectivity index (χ2n) is 7.41. The Morgan fingerprint density at radius 3 is 2.70 bits per heavy atom. The molecule has 1 aliphatic heterocycles. The molecular weight excluding hydrogens is 376 g/mol. The number of thioether (sulfide) groups is 2. The molecule has 1 fully saturated rings. The molecule has 2 N–H and O–H groups in total. The van der Waals surface area contributed by atoms with Crippen LogP contribution < -0.4 is 10.6 Å². The van der Waals surface area contributed by atoms with E-state index in [1.54, 1.807) is 24.8 Å². The lowest BCUT2D eigenvalue weighted by Gasteiger charge is -2.39. The SMILES string of the molecule is C=CC(CCC)NC1(C)C(=O)CNC(C=C)(C(C)=O)CSCCCSC1C. The van der Waals surface area contributed by atoms with E-state index in [1.807, 2.05) is 24.8 Å². The van der Waals surface area contributed by atoms with Crippen LogP contribution in [0, 0.1) is 0 Å². The van der Waals surface area contributed by atoms with Crippen LogP contribution in [0.1, 0.15) is 47.0 Å². The summed E-state index contributed by atoms with van der Waals surface area (Å²) in [5, 5.41) is 6.92. The summed E-state index contributed by atoms with van der Waals surface area (Å²) in [5.74, 6) is 2.67. The minimum absolute atomic E-state index is 0.00176. The summed E-state index contributed by atoms with van der Waals surface area (Å²) in [6.07, 6.45) is 6.57. The van der Waals surface area contributed by atoms with E-state index in [2.05, 4.69) is 37.6 Å². The lowest BCUT2D eigenvalue weighted by molar-refractivity contribution is -0.125. The standard InChI is InChI=1S/C21H36N2O2S2/c1-7-11-18(8-2)23-20(6)17(5)27-13-10-12-26-15-21(9-3,16(4)24)22-14-19(20)25/h8-9,17-18,22-23H,2-3,7,10-15H2,1,4-6H3. The largest absolute Gasteiger partial charge is 0.298 e. The van der Waals surface area contributed by atoms with Crippen molar-refractivity contribution in [1.29, 1.82) is 0 Å². The number of rotatable bonds is 7. The number of hydrogen-bond donors (Lipinski definition) is 2. The minimum atomic E-state index is -0.849. The van der Waals surface area contributed by atoms with Gasteiger partial charge < -0.3 is 0 Å². The Morgan fingerprint density at radius 2 is 2.15 bits per heavy atom. The zero-order valence-electron chi connectivity index (χ0n) is 17.3. The van der Waals surface area contributed by atoms with Gasteiger partial charge in [0, 0.05) is 17.0 Å². The van der Waals surface area contributed by atoms with E-state index >= 15 is 0 Å². The predicted molar refractivity (Wildman–Crippen MR) is 121 cm³/mol. The van der Waals surface area contributed by atoms with Crippen molar-refractivity contribution in [2.75, 3.05) is 23.8 Å². The first-order valence-corrected chi connectivity index (χ1v) is 12.0. The monoisotopic (exact) mass is 412 g/mol. The molecule has 27 heavy (non-hydrogen) atoms. The molecule has 1 heterocycles. The highest BCUT2D eigenvalue weighted by molar-refractivity contribution is 8.00. The van der Waals surface area contributed by atoms with Crippen molar-refractivity contribution < 1.29 is 9.59 Å². The van der Waals surface area contributed by atoms with E-state index in [0.29, 0.717) is 5.75 Å². The zero-order valence-corrected chi connectivity index (χ0v) is 18.9. The number of carbonyl (C=O) groups is 2. The van der Waals surface area contributed by atoms with Crippen LogP contribution in [0.25, 0.3) is 0 Å². The summed E-state index contributed by atoms with van der Waals surface area (Å²) in [7, 11) is 0. The number of ketones is 2. The Morgan fingerprint density at radius 1 is 1.44 bits per heavy atom. The van der Waals surface area contributed by atoms with Crippen LogP contribution in [0.5, 0.6) is 0 Å². The van der Waals surface area contributed by atoms with Crippen LogP contribution in [0.2, 0.25) is 0 Å². The van der Waals surface area contributed by atoms with Gasteiger partial charge in [0.05, 0.1) is 12.1 Å². The van der Waals surface area contributed by atoms with E-state index in [1.165, 1.54) is 0 Å². The molecular formula is C21H36N2O2S2. The van der Waals surface area contributed by atoms with Crippen molar-refractivity contribution in [2.24, 2.45) is 0 Å².